The molecule has 0 aliphatic rings. The molecule has 154 valence electrons. The van der Waals surface area contributed by atoms with E-state index in [1.807, 2.05) is 34.9 Å². The lowest BCUT2D eigenvalue weighted by Crippen LogP contribution is -1.93. The van der Waals surface area contributed by atoms with Crippen molar-refractivity contribution in [2.24, 2.45) is 0 Å². The van der Waals surface area contributed by atoms with E-state index in [9.17, 15) is 0 Å². The first-order valence-corrected chi connectivity index (χ1v) is 12.6. The van der Waals surface area contributed by atoms with E-state index in [-0.39, 0.29) is 0 Å². The molecule has 4 heteroatoms. The van der Waals surface area contributed by atoms with E-state index in [0.29, 0.717) is 0 Å². The number of nitrogens with zero attached hydrogens (tertiary/aromatic N) is 2. The van der Waals surface area contributed by atoms with Crippen LogP contribution in [0, 0.1) is 0 Å². The molecule has 0 saturated carbocycles. The number of benzene rings is 4. The molecule has 8 aromatic rings. The van der Waals surface area contributed by atoms with Crippen LogP contribution in [0.5, 0.6) is 0 Å². The van der Waals surface area contributed by atoms with Gasteiger partial charge in [-0.05, 0) is 42.5 Å². The summed E-state index contributed by atoms with van der Waals surface area (Å²) in [4.78, 5) is 4.84. The first-order valence-electron chi connectivity index (χ1n) is 11.0. The first kappa shape index (κ1) is 17.8. The van der Waals surface area contributed by atoms with Crippen LogP contribution in [0.3, 0.4) is 0 Å². The van der Waals surface area contributed by atoms with E-state index in [2.05, 4.69) is 89.5 Å². The monoisotopic (exact) mass is 456 g/mol. The summed E-state index contributed by atoms with van der Waals surface area (Å²) in [6, 6.07) is 33.0. The van der Waals surface area contributed by atoms with Crippen LogP contribution in [0.25, 0.3) is 68.0 Å². The van der Waals surface area contributed by atoms with Gasteiger partial charge in [0, 0.05) is 47.2 Å². The molecule has 0 unspecified atom stereocenters. The second-order valence-electron chi connectivity index (χ2n) is 8.42. The molecule has 0 aliphatic carbocycles. The molecule has 4 aromatic carbocycles. The minimum absolute atomic E-state index is 1.06. The van der Waals surface area contributed by atoms with Gasteiger partial charge in [-0.1, -0.05) is 48.5 Å². The maximum absolute atomic E-state index is 4.84. The fourth-order valence-electron chi connectivity index (χ4n) is 5.22. The van der Waals surface area contributed by atoms with E-state index in [4.69, 9.17) is 4.98 Å². The Labute approximate surface area is 196 Å². The number of aromatic nitrogens is 2. The highest BCUT2D eigenvalue weighted by Crippen LogP contribution is 2.43. The summed E-state index contributed by atoms with van der Waals surface area (Å²) in [5, 5.41) is 6.48. The lowest BCUT2D eigenvalue weighted by molar-refractivity contribution is 1.20. The number of rotatable bonds is 1. The van der Waals surface area contributed by atoms with Crippen LogP contribution in [0.2, 0.25) is 0 Å². The highest BCUT2D eigenvalue weighted by molar-refractivity contribution is 7.26. The number of hydrogen-bond donors (Lipinski definition) is 0. The normalized spacial score (nSPS) is 12.2. The van der Waals surface area contributed by atoms with Gasteiger partial charge in [-0.25, -0.2) is 0 Å². The third-order valence-corrected chi connectivity index (χ3v) is 8.99. The topological polar surface area (TPSA) is 17.8 Å². The van der Waals surface area contributed by atoms with E-state index < -0.39 is 0 Å². The molecular formula is C29H16N2S2. The van der Waals surface area contributed by atoms with Crippen LogP contribution >= 0.6 is 22.7 Å². The lowest BCUT2D eigenvalue weighted by atomic mass is 10.1. The molecule has 0 fully saturated rings. The van der Waals surface area contributed by atoms with Gasteiger partial charge in [-0.3, -0.25) is 4.98 Å². The minimum atomic E-state index is 1.06. The molecule has 0 atom stereocenters. The Morgan fingerprint density at radius 1 is 0.545 bits per heavy atom. The molecule has 0 bridgehead atoms. The summed E-state index contributed by atoms with van der Waals surface area (Å²) in [5.41, 5.74) is 4.65. The molecular weight excluding hydrogens is 440 g/mol. The second kappa shape index (κ2) is 6.41. The standard InChI is InChI=1S/C29H16N2S2/c1-4-13-26-17(7-1)19-9-5-10-23(29(19)33-26)31-22-11-6-14-30-28(22)21-15-20-18-8-2-3-12-25(18)32-27(20)16-24(21)31/h1-16H. The van der Waals surface area contributed by atoms with E-state index in [1.54, 1.807) is 0 Å². The van der Waals surface area contributed by atoms with Crippen molar-refractivity contribution in [1.82, 2.24) is 9.55 Å². The van der Waals surface area contributed by atoms with Crippen molar-refractivity contribution in [3.05, 3.63) is 97.2 Å². The van der Waals surface area contributed by atoms with E-state index >= 15 is 0 Å². The number of thiophene rings is 2. The van der Waals surface area contributed by atoms with Gasteiger partial charge >= 0.3 is 0 Å². The number of hydrogen-bond acceptors (Lipinski definition) is 3. The fourth-order valence-corrected chi connectivity index (χ4v) is 7.54. The minimum Gasteiger partial charge on any atom is -0.306 e. The van der Waals surface area contributed by atoms with Crippen molar-refractivity contribution < 1.29 is 0 Å². The Hall–Kier alpha value is -3.73. The second-order valence-corrected chi connectivity index (χ2v) is 10.6. The predicted octanol–water partition coefficient (Wildman–Crippen LogP) is 8.91. The Bertz CT molecular complexity index is 2040. The van der Waals surface area contributed by atoms with Crippen LogP contribution < -0.4 is 0 Å². The van der Waals surface area contributed by atoms with Crippen LogP contribution in [0.15, 0.2) is 97.2 Å². The summed E-state index contributed by atoms with van der Waals surface area (Å²) < 4.78 is 7.70. The van der Waals surface area contributed by atoms with E-state index in [0.717, 1.165) is 11.0 Å². The smallest absolute Gasteiger partial charge is 0.0963 e. The molecule has 8 rings (SSSR count). The van der Waals surface area contributed by atoms with Crippen molar-refractivity contribution in [2.45, 2.75) is 0 Å². The summed E-state index contributed by atoms with van der Waals surface area (Å²) in [6.45, 7) is 0. The van der Waals surface area contributed by atoms with Gasteiger partial charge in [-0.2, -0.15) is 0 Å². The van der Waals surface area contributed by atoms with Crippen LogP contribution in [0.1, 0.15) is 0 Å². The van der Waals surface area contributed by atoms with Gasteiger partial charge < -0.3 is 4.57 Å². The number of pyridine rings is 1. The molecule has 33 heavy (non-hydrogen) atoms. The zero-order chi connectivity index (χ0) is 21.5. The summed E-state index contributed by atoms with van der Waals surface area (Å²) >= 11 is 3.74. The highest BCUT2D eigenvalue weighted by Gasteiger charge is 2.18. The molecule has 0 N–H and O–H groups in total. The van der Waals surface area contributed by atoms with Crippen LogP contribution in [-0.2, 0) is 0 Å². The van der Waals surface area contributed by atoms with Crippen LogP contribution in [-0.4, -0.2) is 9.55 Å². The third-order valence-electron chi connectivity index (χ3n) is 6.64. The maximum atomic E-state index is 4.84. The van der Waals surface area contributed by atoms with Crippen molar-refractivity contribution in [2.75, 3.05) is 0 Å². The van der Waals surface area contributed by atoms with Gasteiger partial charge in [0.1, 0.15) is 0 Å². The Kier molecular flexibility index (Phi) is 3.45. The zero-order valence-electron chi connectivity index (χ0n) is 17.4. The molecule has 4 heterocycles. The van der Waals surface area contributed by atoms with Crippen molar-refractivity contribution in [3.8, 4) is 5.69 Å². The fraction of sp³-hybridized carbons (Fsp3) is 0. The summed E-state index contributed by atoms with van der Waals surface area (Å²) in [5.74, 6) is 0. The Morgan fingerprint density at radius 2 is 1.30 bits per heavy atom. The Balaban J connectivity index is 1.57. The van der Waals surface area contributed by atoms with Gasteiger partial charge in [0.15, 0.2) is 0 Å². The van der Waals surface area contributed by atoms with Crippen molar-refractivity contribution >= 4 is 85.0 Å². The average molecular weight is 457 g/mol. The van der Waals surface area contributed by atoms with Gasteiger partial charge in [-0.15, -0.1) is 22.7 Å². The van der Waals surface area contributed by atoms with Gasteiger partial charge in [0.25, 0.3) is 0 Å². The third kappa shape index (κ3) is 2.34. The molecule has 2 nitrogen and oxygen atoms in total. The molecule has 0 amide bonds. The average Bonchev–Trinajstić information content (AvgIpc) is 3.52. The van der Waals surface area contributed by atoms with Crippen molar-refractivity contribution in [3.63, 3.8) is 0 Å². The molecule has 0 saturated heterocycles. The highest BCUT2D eigenvalue weighted by atomic mass is 32.1. The van der Waals surface area contributed by atoms with Crippen molar-refractivity contribution in [1.29, 1.82) is 0 Å². The molecule has 0 radical (unpaired) electrons. The quantitative estimate of drug-likeness (QED) is 0.241. The molecule has 0 aliphatic heterocycles. The molecule has 0 spiro atoms. The lowest BCUT2D eigenvalue weighted by Gasteiger charge is -2.09. The maximum Gasteiger partial charge on any atom is 0.0963 e. The largest absolute Gasteiger partial charge is 0.306 e. The first-order chi connectivity index (χ1) is 16.4. The van der Waals surface area contributed by atoms with E-state index in [1.165, 1.54) is 56.9 Å². The zero-order valence-corrected chi connectivity index (χ0v) is 19.1. The number of fused-ring (bicyclic) bond motifs is 9. The van der Waals surface area contributed by atoms with Gasteiger partial charge in [0.2, 0.25) is 0 Å². The summed E-state index contributed by atoms with van der Waals surface area (Å²) in [6.07, 6.45) is 1.90. The predicted molar refractivity (Wildman–Crippen MR) is 144 cm³/mol. The SMILES string of the molecule is c1ccc2c(c1)sc1cc3c(cc12)c1ncccc1n3-c1cccc2c1sc1ccccc12. The summed E-state index contributed by atoms with van der Waals surface area (Å²) in [7, 11) is 0. The van der Waals surface area contributed by atoms with Crippen LogP contribution in [0.4, 0.5) is 0 Å². The molecule has 4 aromatic heterocycles. The Morgan fingerprint density at radius 3 is 2.18 bits per heavy atom. The van der Waals surface area contributed by atoms with Gasteiger partial charge in [0.05, 0.1) is 26.9 Å².